The summed E-state index contributed by atoms with van der Waals surface area (Å²) in [5, 5.41) is 0. The van der Waals surface area contributed by atoms with Crippen molar-refractivity contribution in [3.8, 4) is 45.6 Å². The molecule has 9 nitrogen and oxygen atoms in total. The van der Waals surface area contributed by atoms with Crippen molar-refractivity contribution in [1.29, 1.82) is 0 Å². The highest BCUT2D eigenvalue weighted by atomic mass is 16.5. The predicted octanol–water partition coefficient (Wildman–Crippen LogP) is 5.78. The molecule has 3 rings (SSSR count). The van der Waals surface area contributed by atoms with Gasteiger partial charge in [0.15, 0.2) is 23.0 Å². The SMILES string of the molecule is CCOC(=O)c1c(-c2ccc(OCC)c(OC)c2)oc(-c2ccc(OCC)c(OC)c2)c1C(=O)OCC. The quantitative estimate of drug-likeness (QED) is 0.279. The first-order valence-electron chi connectivity index (χ1n) is 12.1. The monoisotopic (exact) mass is 512 g/mol. The Balaban J connectivity index is 2.33. The molecule has 1 aromatic heterocycles. The van der Waals surface area contributed by atoms with Crippen LogP contribution in [0.3, 0.4) is 0 Å². The second kappa shape index (κ2) is 12.7. The Morgan fingerprint density at radius 1 is 0.622 bits per heavy atom. The average molecular weight is 513 g/mol. The molecule has 0 radical (unpaired) electrons. The largest absolute Gasteiger partial charge is 0.493 e. The molecule has 9 heteroatoms. The lowest BCUT2D eigenvalue weighted by atomic mass is 10.0. The van der Waals surface area contributed by atoms with Gasteiger partial charge in [-0.3, -0.25) is 0 Å². The van der Waals surface area contributed by atoms with Crippen LogP contribution < -0.4 is 18.9 Å². The van der Waals surface area contributed by atoms with E-state index < -0.39 is 11.9 Å². The van der Waals surface area contributed by atoms with Crippen LogP contribution >= 0.6 is 0 Å². The van der Waals surface area contributed by atoms with Gasteiger partial charge in [0.2, 0.25) is 0 Å². The third-order valence-corrected chi connectivity index (χ3v) is 5.32. The molecule has 0 saturated heterocycles. The third-order valence-electron chi connectivity index (χ3n) is 5.32. The Bertz CT molecular complexity index is 1150. The molecule has 3 aromatic rings. The summed E-state index contributed by atoms with van der Waals surface area (Å²) in [5.41, 5.74) is 0.875. The van der Waals surface area contributed by atoms with E-state index in [0.717, 1.165) is 0 Å². The fraction of sp³-hybridized carbons (Fsp3) is 0.357. The maximum Gasteiger partial charge on any atom is 0.342 e. The number of carbonyl (C=O) groups excluding carboxylic acids is 2. The Hall–Kier alpha value is -4.14. The second-order valence-electron chi connectivity index (χ2n) is 7.55. The molecule has 0 aliphatic heterocycles. The summed E-state index contributed by atoms with van der Waals surface area (Å²) in [6, 6.07) is 10.2. The molecular formula is C28H32O9. The van der Waals surface area contributed by atoms with Crippen LogP contribution in [0.1, 0.15) is 48.4 Å². The van der Waals surface area contributed by atoms with E-state index in [1.807, 2.05) is 13.8 Å². The van der Waals surface area contributed by atoms with Crippen LogP contribution in [0.15, 0.2) is 40.8 Å². The van der Waals surface area contributed by atoms with E-state index >= 15 is 0 Å². The number of esters is 2. The minimum atomic E-state index is -0.721. The lowest BCUT2D eigenvalue weighted by molar-refractivity contribution is 0.0481. The number of carbonyl (C=O) groups is 2. The lowest BCUT2D eigenvalue weighted by Crippen LogP contribution is -2.14. The Kier molecular flexibility index (Phi) is 9.43. The van der Waals surface area contributed by atoms with Crippen molar-refractivity contribution < 1.29 is 42.4 Å². The number of ether oxygens (including phenoxy) is 6. The van der Waals surface area contributed by atoms with Crippen LogP contribution in [0.2, 0.25) is 0 Å². The number of rotatable bonds is 12. The van der Waals surface area contributed by atoms with Crippen LogP contribution in [0.5, 0.6) is 23.0 Å². The standard InChI is InChI=1S/C28H32O9/c1-7-33-19-13-11-17(15-21(19)31-5)25-23(27(29)35-9-3)24(28(30)36-10-4)26(37-25)18-12-14-20(34-8-2)22(16-18)32-6/h11-16H,7-10H2,1-6H3. The molecule has 0 aliphatic carbocycles. The zero-order valence-corrected chi connectivity index (χ0v) is 22.0. The van der Waals surface area contributed by atoms with Crippen molar-refractivity contribution in [2.45, 2.75) is 27.7 Å². The van der Waals surface area contributed by atoms with Gasteiger partial charge in [0.05, 0.1) is 40.6 Å². The van der Waals surface area contributed by atoms with Crippen LogP contribution in [0.4, 0.5) is 0 Å². The van der Waals surface area contributed by atoms with Gasteiger partial charge < -0.3 is 32.8 Å². The molecule has 0 unspecified atom stereocenters. The Morgan fingerprint density at radius 3 is 1.35 bits per heavy atom. The Morgan fingerprint density at radius 2 is 1.03 bits per heavy atom. The van der Waals surface area contributed by atoms with Crippen molar-refractivity contribution in [2.75, 3.05) is 40.6 Å². The van der Waals surface area contributed by atoms with Crippen molar-refractivity contribution in [2.24, 2.45) is 0 Å². The van der Waals surface area contributed by atoms with Gasteiger partial charge in [-0.2, -0.15) is 0 Å². The summed E-state index contributed by atoms with van der Waals surface area (Å²) in [7, 11) is 3.02. The molecule has 2 aromatic carbocycles. The summed E-state index contributed by atoms with van der Waals surface area (Å²) in [5.74, 6) is 0.749. The summed E-state index contributed by atoms with van der Waals surface area (Å²) in [4.78, 5) is 26.4. The van der Waals surface area contributed by atoms with E-state index in [1.165, 1.54) is 14.2 Å². The minimum Gasteiger partial charge on any atom is -0.493 e. The highest BCUT2D eigenvalue weighted by molar-refractivity contribution is 6.11. The van der Waals surface area contributed by atoms with Gasteiger partial charge in [-0.05, 0) is 64.1 Å². The van der Waals surface area contributed by atoms with Crippen LogP contribution in [0.25, 0.3) is 22.6 Å². The number of benzene rings is 2. The molecule has 37 heavy (non-hydrogen) atoms. The topological polar surface area (TPSA) is 103 Å². The molecule has 0 aliphatic rings. The number of hydrogen-bond acceptors (Lipinski definition) is 9. The first-order chi connectivity index (χ1) is 17.9. The van der Waals surface area contributed by atoms with Crippen molar-refractivity contribution in [3.05, 3.63) is 47.5 Å². The molecule has 198 valence electrons. The molecule has 0 amide bonds. The summed E-state index contributed by atoms with van der Waals surface area (Å²) >= 11 is 0. The molecule has 0 N–H and O–H groups in total. The smallest absolute Gasteiger partial charge is 0.342 e. The average Bonchev–Trinajstić information content (AvgIpc) is 3.31. The van der Waals surface area contributed by atoms with Crippen LogP contribution in [-0.2, 0) is 9.47 Å². The molecule has 0 saturated carbocycles. The maximum atomic E-state index is 13.2. The third kappa shape index (κ3) is 5.82. The first-order valence-corrected chi connectivity index (χ1v) is 12.1. The van der Waals surface area contributed by atoms with Crippen LogP contribution in [-0.4, -0.2) is 52.6 Å². The predicted molar refractivity (Wildman–Crippen MR) is 137 cm³/mol. The second-order valence-corrected chi connectivity index (χ2v) is 7.55. The number of furan rings is 1. The van der Waals surface area contributed by atoms with E-state index in [9.17, 15) is 9.59 Å². The molecule has 0 atom stereocenters. The van der Waals surface area contributed by atoms with E-state index in [1.54, 1.807) is 50.2 Å². The lowest BCUT2D eigenvalue weighted by Gasteiger charge is -2.11. The van der Waals surface area contributed by atoms with Gasteiger partial charge in [-0.15, -0.1) is 0 Å². The van der Waals surface area contributed by atoms with Crippen LogP contribution in [0, 0.1) is 0 Å². The minimum absolute atomic E-state index is 0.0469. The highest BCUT2D eigenvalue weighted by Gasteiger charge is 2.34. The molecule has 0 spiro atoms. The van der Waals surface area contributed by atoms with Crippen molar-refractivity contribution >= 4 is 11.9 Å². The maximum absolute atomic E-state index is 13.2. The van der Waals surface area contributed by atoms with Gasteiger partial charge >= 0.3 is 11.9 Å². The Labute approximate surface area is 216 Å². The van der Waals surface area contributed by atoms with Gasteiger partial charge in [-0.1, -0.05) is 0 Å². The zero-order valence-electron chi connectivity index (χ0n) is 22.0. The van der Waals surface area contributed by atoms with Gasteiger partial charge in [0.25, 0.3) is 0 Å². The van der Waals surface area contributed by atoms with E-state index in [2.05, 4.69) is 0 Å². The summed E-state index contributed by atoms with van der Waals surface area (Å²) in [6.07, 6.45) is 0. The fourth-order valence-electron chi connectivity index (χ4n) is 3.80. The van der Waals surface area contributed by atoms with Crippen molar-refractivity contribution in [1.82, 2.24) is 0 Å². The van der Waals surface area contributed by atoms with E-state index in [4.69, 9.17) is 32.8 Å². The van der Waals surface area contributed by atoms with Crippen molar-refractivity contribution in [3.63, 3.8) is 0 Å². The molecule has 1 heterocycles. The molecule has 0 fully saturated rings. The fourth-order valence-corrected chi connectivity index (χ4v) is 3.80. The zero-order chi connectivity index (χ0) is 26.9. The van der Waals surface area contributed by atoms with Gasteiger partial charge in [0, 0.05) is 11.1 Å². The highest BCUT2D eigenvalue weighted by Crippen LogP contribution is 2.42. The first kappa shape index (κ1) is 27.4. The normalized spacial score (nSPS) is 10.5. The molecular weight excluding hydrogens is 480 g/mol. The molecule has 0 bridgehead atoms. The number of hydrogen-bond donors (Lipinski definition) is 0. The van der Waals surface area contributed by atoms with E-state index in [0.29, 0.717) is 47.3 Å². The van der Waals surface area contributed by atoms with Gasteiger partial charge in [0.1, 0.15) is 22.6 Å². The number of methoxy groups -OCH3 is 2. The summed E-state index contributed by atoms with van der Waals surface area (Å²) < 4.78 is 39.1. The van der Waals surface area contributed by atoms with E-state index in [-0.39, 0.29) is 35.9 Å². The summed E-state index contributed by atoms with van der Waals surface area (Å²) in [6.45, 7) is 8.18. The van der Waals surface area contributed by atoms with Gasteiger partial charge in [-0.25, -0.2) is 9.59 Å².